The smallest absolute Gasteiger partial charge is 0.258 e. The minimum atomic E-state index is -3.87. The quantitative estimate of drug-likeness (QED) is 0.172. The second-order valence-electron chi connectivity index (χ2n) is 14.3. The average molecular weight is 772 g/mol. The molecule has 0 unspecified atom stereocenters. The van der Waals surface area contributed by atoms with E-state index in [4.69, 9.17) is 5.73 Å². The van der Waals surface area contributed by atoms with Gasteiger partial charge in [0.15, 0.2) is 25.5 Å². The Balaban J connectivity index is 0.000000202. The molecular weight excluding hydrogens is 729 g/mol. The average Bonchev–Trinajstić information content (AvgIpc) is 3.53. The monoisotopic (exact) mass is 771 g/mol. The molecule has 6 rings (SSSR count). The molecule has 0 fully saturated rings. The number of amidine groups is 1. The molecule has 4 heterocycles. The van der Waals surface area contributed by atoms with Gasteiger partial charge >= 0.3 is 0 Å². The Hall–Kier alpha value is -5.10. The van der Waals surface area contributed by atoms with E-state index in [-0.39, 0.29) is 15.8 Å². The van der Waals surface area contributed by atoms with Crippen molar-refractivity contribution in [2.24, 2.45) is 10.7 Å². The summed E-state index contributed by atoms with van der Waals surface area (Å²) in [5, 5.41) is 10.5. The molecule has 0 spiro atoms. The normalized spacial score (nSPS) is 13.7. The number of nitrogens with zero attached hydrogens (tertiary/aromatic N) is 5. The summed E-state index contributed by atoms with van der Waals surface area (Å²) in [4.78, 5) is 29.1. The molecule has 2 aromatic carbocycles. The Kier molecular flexibility index (Phi) is 11.3. The van der Waals surface area contributed by atoms with E-state index in [9.17, 15) is 30.4 Å². The highest BCUT2D eigenvalue weighted by atomic mass is 32.2. The molecule has 0 aliphatic carbocycles. The van der Waals surface area contributed by atoms with Gasteiger partial charge in [-0.1, -0.05) is 0 Å². The van der Waals surface area contributed by atoms with Gasteiger partial charge in [-0.2, -0.15) is 5.10 Å². The number of sulfone groups is 2. The number of hydrogen-bond acceptors (Lipinski definition) is 12. The third-order valence-corrected chi connectivity index (χ3v) is 13.6. The molecule has 284 valence electrons. The number of nitrogens with two attached hydrogens (primary N) is 1. The fraction of sp³-hybridized carbons (Fsp3) is 0.371. The summed E-state index contributed by atoms with van der Waals surface area (Å²) in [6.45, 7) is 17.6. The highest BCUT2D eigenvalue weighted by Crippen LogP contribution is 2.33. The second-order valence-corrected chi connectivity index (χ2v) is 19.7. The van der Waals surface area contributed by atoms with Crippen molar-refractivity contribution in [2.75, 3.05) is 11.9 Å². The topological polar surface area (TPSA) is 219 Å². The van der Waals surface area contributed by atoms with Gasteiger partial charge in [0.05, 0.1) is 38.8 Å². The van der Waals surface area contributed by atoms with Crippen molar-refractivity contribution >= 4 is 59.0 Å². The molecular formula is C35H43F2N9O5S2. The van der Waals surface area contributed by atoms with Gasteiger partial charge in [0.1, 0.15) is 39.4 Å². The van der Waals surface area contributed by atoms with Crippen LogP contribution < -0.4 is 16.6 Å². The van der Waals surface area contributed by atoms with Crippen molar-refractivity contribution in [3.63, 3.8) is 0 Å². The molecule has 1 aliphatic heterocycles. The maximum Gasteiger partial charge on any atom is 0.258 e. The van der Waals surface area contributed by atoms with E-state index < -0.39 is 51.3 Å². The molecule has 53 heavy (non-hydrogen) atoms. The van der Waals surface area contributed by atoms with Gasteiger partial charge in [-0.05, 0) is 92.5 Å². The van der Waals surface area contributed by atoms with Gasteiger partial charge in [-0.15, -0.1) is 0 Å². The summed E-state index contributed by atoms with van der Waals surface area (Å²) < 4.78 is 76.1. The zero-order chi connectivity index (χ0) is 39.8. The summed E-state index contributed by atoms with van der Waals surface area (Å²) in [5.74, 6) is -0.103. The van der Waals surface area contributed by atoms with Crippen LogP contribution >= 0.6 is 0 Å². The molecule has 3 aromatic heterocycles. The minimum absolute atomic E-state index is 0.0479. The first-order valence-corrected chi connectivity index (χ1v) is 19.2. The lowest BCUT2D eigenvalue weighted by atomic mass is 10.2. The predicted molar refractivity (Wildman–Crippen MR) is 202 cm³/mol. The van der Waals surface area contributed by atoms with Gasteiger partial charge in [-0.25, -0.2) is 40.6 Å². The molecule has 14 nitrogen and oxygen atoms in total. The lowest BCUT2D eigenvalue weighted by Crippen LogP contribution is -2.29. The fourth-order valence-electron chi connectivity index (χ4n) is 4.68. The van der Waals surface area contributed by atoms with Crippen molar-refractivity contribution in [3.8, 4) is 0 Å². The van der Waals surface area contributed by atoms with E-state index in [1.807, 2.05) is 20.8 Å². The van der Waals surface area contributed by atoms with Crippen molar-refractivity contribution in [1.82, 2.24) is 30.1 Å². The van der Waals surface area contributed by atoms with Crippen LogP contribution in [0.5, 0.6) is 0 Å². The lowest BCUT2D eigenvalue weighted by molar-refractivity contribution is 0.540. The molecule has 5 N–H and O–H groups in total. The summed E-state index contributed by atoms with van der Waals surface area (Å²) in [6, 6.07) is 4.40. The number of nitrogens with one attached hydrogen (secondary N) is 3. The van der Waals surface area contributed by atoms with E-state index in [1.165, 1.54) is 59.5 Å². The first-order valence-electron chi connectivity index (χ1n) is 16.2. The number of aromatic amines is 2. The largest absolute Gasteiger partial charge is 0.384 e. The van der Waals surface area contributed by atoms with Crippen LogP contribution in [0.25, 0.3) is 21.8 Å². The van der Waals surface area contributed by atoms with E-state index in [0.29, 0.717) is 28.4 Å². The Morgan fingerprint density at radius 3 is 1.74 bits per heavy atom. The number of rotatable bonds is 4. The van der Waals surface area contributed by atoms with Gasteiger partial charge in [-0.3, -0.25) is 14.9 Å². The molecule has 0 bridgehead atoms. The maximum absolute atomic E-state index is 14.5. The summed E-state index contributed by atoms with van der Waals surface area (Å²) >= 11 is 0. The Labute approximate surface area is 306 Å². The number of halogens is 2. The predicted octanol–water partition coefficient (Wildman–Crippen LogP) is 5.75. The second kappa shape index (κ2) is 14.7. The number of fused-ring (bicyclic) bond motifs is 2. The fourth-order valence-corrected chi connectivity index (χ4v) is 7.17. The SMILES string of the molecule is CC(C)(C)S(=O)(=O)c1cc2c(=O)[nH]cnc2cc1F.CC1=C(C)C(N)=NC1.Cc1[nH]nc(Nc2ncnc3cc(F)c(S(=O)(=O)C(C)(C)C)cc23)c1C. The Bertz CT molecular complexity index is 2560. The molecule has 5 aromatic rings. The third-order valence-electron chi connectivity index (χ3n) is 8.58. The van der Waals surface area contributed by atoms with Crippen LogP contribution in [0.1, 0.15) is 66.6 Å². The van der Waals surface area contributed by atoms with Crippen LogP contribution in [0.4, 0.5) is 20.4 Å². The minimum Gasteiger partial charge on any atom is -0.384 e. The number of aliphatic imine (C=N–C) groups is 1. The first-order chi connectivity index (χ1) is 24.4. The summed E-state index contributed by atoms with van der Waals surface area (Å²) in [7, 11) is -7.74. The molecule has 0 saturated heterocycles. The maximum atomic E-state index is 14.5. The van der Waals surface area contributed by atoms with Crippen LogP contribution in [0.2, 0.25) is 0 Å². The standard InChI is InChI=1S/C17H20FN5O2S.C12H13FN2O3S.C6H10N2/c1-9-10(2)22-23-15(9)21-16-11-6-14(26(24,25)17(3,4)5)12(18)7-13(11)19-8-20-16;1-12(2,3)19(17,18)10-4-7-9(5-8(10)13)14-6-15-11(7)16;1-4-3-8-6(7)5(4)2/h6-8H,1-5H3,(H2,19,20,21,22,23);4-6H,1-3H3,(H,14,15,16);3H2,1-2H3,(H2,7,8). The number of anilines is 2. The number of aryl methyl sites for hydroxylation is 1. The van der Waals surface area contributed by atoms with Gasteiger partial charge in [0, 0.05) is 28.8 Å². The number of hydrogen-bond donors (Lipinski definition) is 4. The van der Waals surface area contributed by atoms with Crippen LogP contribution in [0.3, 0.4) is 0 Å². The number of H-pyrrole nitrogens is 2. The molecule has 0 amide bonds. The van der Waals surface area contributed by atoms with E-state index in [0.717, 1.165) is 47.9 Å². The first kappa shape index (κ1) is 40.7. The van der Waals surface area contributed by atoms with Crippen LogP contribution in [0.15, 0.2) is 67.6 Å². The van der Waals surface area contributed by atoms with Crippen molar-refractivity contribution in [3.05, 3.63) is 81.3 Å². The van der Waals surface area contributed by atoms with E-state index >= 15 is 0 Å². The van der Waals surface area contributed by atoms with E-state index in [1.54, 1.807) is 0 Å². The molecule has 0 radical (unpaired) electrons. The molecule has 0 atom stereocenters. The van der Waals surface area contributed by atoms with Crippen LogP contribution in [-0.2, 0) is 19.7 Å². The Morgan fingerprint density at radius 1 is 0.774 bits per heavy atom. The van der Waals surface area contributed by atoms with Crippen LogP contribution in [-0.4, -0.2) is 68.8 Å². The number of aromatic nitrogens is 6. The van der Waals surface area contributed by atoms with Crippen molar-refractivity contribution < 1.29 is 25.6 Å². The zero-order valence-corrected chi connectivity index (χ0v) is 32.7. The van der Waals surface area contributed by atoms with E-state index in [2.05, 4.69) is 47.4 Å². The van der Waals surface area contributed by atoms with Gasteiger partial charge in [0.25, 0.3) is 5.56 Å². The molecule has 18 heteroatoms. The lowest BCUT2D eigenvalue weighted by Gasteiger charge is -2.20. The third kappa shape index (κ3) is 8.27. The highest BCUT2D eigenvalue weighted by molar-refractivity contribution is 7.93. The summed E-state index contributed by atoms with van der Waals surface area (Å²) in [5.41, 5.74) is 9.63. The van der Waals surface area contributed by atoms with Crippen molar-refractivity contribution in [1.29, 1.82) is 0 Å². The highest BCUT2D eigenvalue weighted by Gasteiger charge is 2.35. The van der Waals surface area contributed by atoms with Crippen molar-refractivity contribution in [2.45, 2.75) is 88.5 Å². The van der Waals surface area contributed by atoms with Gasteiger partial charge < -0.3 is 16.0 Å². The van der Waals surface area contributed by atoms with Crippen LogP contribution in [0, 0.1) is 25.5 Å². The zero-order valence-electron chi connectivity index (χ0n) is 31.1. The van der Waals surface area contributed by atoms with Gasteiger partial charge in [0.2, 0.25) is 0 Å². The summed E-state index contributed by atoms with van der Waals surface area (Å²) in [6.07, 6.45) is 2.43. The number of benzene rings is 2. The Morgan fingerprint density at radius 2 is 1.30 bits per heavy atom. The molecule has 1 aliphatic rings. The molecule has 0 saturated carbocycles.